The maximum atomic E-state index is 5.57. The molecule has 1 fully saturated rings. The zero-order valence-corrected chi connectivity index (χ0v) is 8.70. The van der Waals surface area contributed by atoms with Crippen LogP contribution in [-0.4, -0.2) is 69.3 Å². The summed E-state index contributed by atoms with van der Waals surface area (Å²) in [5.74, 6) is 0. The van der Waals surface area contributed by atoms with Crippen LogP contribution in [0.3, 0.4) is 0 Å². The first-order valence-corrected chi connectivity index (χ1v) is 4.90. The van der Waals surface area contributed by atoms with Gasteiger partial charge in [0.15, 0.2) is 0 Å². The summed E-state index contributed by atoms with van der Waals surface area (Å²) in [6.45, 7) is 6.17. The minimum atomic E-state index is 0.198. The van der Waals surface area contributed by atoms with Crippen molar-refractivity contribution in [3.63, 3.8) is 0 Å². The van der Waals surface area contributed by atoms with Gasteiger partial charge in [-0.25, -0.2) is 0 Å². The molecular weight excluding hydrogens is 166 g/mol. The van der Waals surface area contributed by atoms with Crippen molar-refractivity contribution in [1.82, 2.24) is 9.80 Å². The maximum Gasteiger partial charge on any atom is 0.0820 e. The second kappa shape index (κ2) is 5.54. The van der Waals surface area contributed by atoms with E-state index < -0.39 is 0 Å². The van der Waals surface area contributed by atoms with E-state index in [1.165, 1.54) is 0 Å². The quantitative estimate of drug-likeness (QED) is 0.626. The van der Waals surface area contributed by atoms with E-state index in [9.17, 15) is 0 Å². The van der Waals surface area contributed by atoms with Crippen LogP contribution in [0.4, 0.5) is 0 Å². The molecule has 1 atom stereocenters. The van der Waals surface area contributed by atoms with Gasteiger partial charge in [-0.05, 0) is 7.05 Å². The van der Waals surface area contributed by atoms with Gasteiger partial charge in [0, 0.05) is 46.4 Å². The molecule has 1 aliphatic heterocycles. The van der Waals surface area contributed by atoms with Crippen molar-refractivity contribution >= 4 is 0 Å². The van der Waals surface area contributed by atoms with E-state index in [-0.39, 0.29) is 6.10 Å². The van der Waals surface area contributed by atoms with Crippen molar-refractivity contribution in [3.8, 4) is 0 Å². The van der Waals surface area contributed by atoms with Gasteiger partial charge in [0.2, 0.25) is 0 Å². The number of hydrogen-bond donors (Lipinski definition) is 1. The molecule has 78 valence electrons. The van der Waals surface area contributed by atoms with Gasteiger partial charge in [-0.1, -0.05) is 0 Å². The Kier molecular flexibility index (Phi) is 4.66. The van der Waals surface area contributed by atoms with Crippen LogP contribution in [0.1, 0.15) is 0 Å². The first-order chi connectivity index (χ1) is 6.26. The predicted molar refractivity (Wildman–Crippen MR) is 53.8 cm³/mol. The van der Waals surface area contributed by atoms with Crippen molar-refractivity contribution in [2.45, 2.75) is 6.10 Å². The Balaban J connectivity index is 2.21. The van der Waals surface area contributed by atoms with E-state index >= 15 is 0 Å². The number of methoxy groups -OCH3 is 1. The number of nitrogens with two attached hydrogens (primary N) is 1. The van der Waals surface area contributed by atoms with Gasteiger partial charge in [-0.3, -0.25) is 4.90 Å². The lowest BCUT2D eigenvalue weighted by atomic mass is 10.2. The molecular formula is C9H21N3O. The summed E-state index contributed by atoms with van der Waals surface area (Å²) in [5, 5.41) is 0. The average Bonchev–Trinajstić information content (AvgIpc) is 2.17. The predicted octanol–water partition coefficient (Wildman–Crippen LogP) is -0.792. The molecule has 0 aromatic rings. The third kappa shape index (κ3) is 3.60. The SMILES string of the molecule is COC(CN)CN1CCN(C)CC1. The van der Waals surface area contributed by atoms with E-state index in [1.54, 1.807) is 7.11 Å². The third-order valence-corrected chi connectivity index (χ3v) is 2.65. The first-order valence-electron chi connectivity index (χ1n) is 4.90. The van der Waals surface area contributed by atoms with Crippen molar-refractivity contribution < 1.29 is 4.74 Å². The molecule has 1 saturated heterocycles. The molecule has 1 unspecified atom stereocenters. The molecule has 13 heavy (non-hydrogen) atoms. The molecule has 0 spiro atoms. The Morgan fingerprint density at radius 1 is 1.31 bits per heavy atom. The van der Waals surface area contributed by atoms with Gasteiger partial charge in [-0.15, -0.1) is 0 Å². The zero-order chi connectivity index (χ0) is 9.68. The fraction of sp³-hybridized carbons (Fsp3) is 1.00. The van der Waals surface area contributed by atoms with E-state index in [0.717, 1.165) is 32.7 Å². The highest BCUT2D eigenvalue weighted by Gasteiger charge is 2.16. The van der Waals surface area contributed by atoms with E-state index in [4.69, 9.17) is 10.5 Å². The highest BCUT2D eigenvalue weighted by atomic mass is 16.5. The van der Waals surface area contributed by atoms with Gasteiger partial charge in [0.1, 0.15) is 0 Å². The standard InChI is InChI=1S/C9H21N3O/c1-11-3-5-12(6-4-11)8-9(7-10)13-2/h9H,3-8,10H2,1-2H3. The van der Waals surface area contributed by atoms with Crippen LogP contribution in [0.15, 0.2) is 0 Å². The molecule has 0 aromatic carbocycles. The minimum absolute atomic E-state index is 0.198. The van der Waals surface area contributed by atoms with Gasteiger partial charge in [-0.2, -0.15) is 0 Å². The molecule has 4 nitrogen and oxygen atoms in total. The second-order valence-corrected chi connectivity index (χ2v) is 3.70. The summed E-state index contributed by atoms with van der Waals surface area (Å²) in [4.78, 5) is 4.77. The molecule has 4 heteroatoms. The summed E-state index contributed by atoms with van der Waals surface area (Å²) in [7, 11) is 3.89. The zero-order valence-electron chi connectivity index (χ0n) is 8.70. The number of ether oxygens (including phenoxy) is 1. The smallest absolute Gasteiger partial charge is 0.0820 e. The van der Waals surface area contributed by atoms with Crippen LogP contribution in [0.2, 0.25) is 0 Å². The van der Waals surface area contributed by atoms with Crippen molar-refractivity contribution in [2.75, 3.05) is 53.4 Å². The molecule has 1 heterocycles. The van der Waals surface area contributed by atoms with Crippen LogP contribution in [0.5, 0.6) is 0 Å². The average molecular weight is 187 g/mol. The summed E-state index contributed by atoms with van der Waals surface area (Å²) in [5.41, 5.74) is 5.57. The van der Waals surface area contributed by atoms with E-state index in [2.05, 4.69) is 16.8 Å². The van der Waals surface area contributed by atoms with Gasteiger partial charge in [0.05, 0.1) is 6.10 Å². The Bertz CT molecular complexity index is 131. The fourth-order valence-electron chi connectivity index (χ4n) is 1.56. The summed E-state index contributed by atoms with van der Waals surface area (Å²) in [6, 6.07) is 0. The summed E-state index contributed by atoms with van der Waals surface area (Å²) in [6.07, 6.45) is 0.198. The Morgan fingerprint density at radius 2 is 1.92 bits per heavy atom. The monoisotopic (exact) mass is 187 g/mol. The lowest BCUT2D eigenvalue weighted by Crippen LogP contribution is -2.48. The van der Waals surface area contributed by atoms with Gasteiger partial charge < -0.3 is 15.4 Å². The van der Waals surface area contributed by atoms with Crippen LogP contribution >= 0.6 is 0 Å². The molecule has 0 amide bonds. The van der Waals surface area contributed by atoms with Crippen molar-refractivity contribution in [2.24, 2.45) is 5.73 Å². The number of piperazine rings is 1. The largest absolute Gasteiger partial charge is 0.379 e. The van der Waals surface area contributed by atoms with Crippen LogP contribution in [-0.2, 0) is 4.74 Å². The molecule has 0 radical (unpaired) electrons. The van der Waals surface area contributed by atoms with E-state index in [1.807, 2.05) is 0 Å². The number of hydrogen-bond acceptors (Lipinski definition) is 4. The van der Waals surface area contributed by atoms with Crippen molar-refractivity contribution in [1.29, 1.82) is 0 Å². The van der Waals surface area contributed by atoms with Crippen LogP contribution < -0.4 is 5.73 Å². The highest BCUT2D eigenvalue weighted by molar-refractivity contribution is 4.73. The summed E-state index contributed by atoms with van der Waals surface area (Å²) >= 11 is 0. The lowest BCUT2D eigenvalue weighted by molar-refractivity contribution is 0.0518. The van der Waals surface area contributed by atoms with Gasteiger partial charge >= 0.3 is 0 Å². The molecule has 2 N–H and O–H groups in total. The highest BCUT2D eigenvalue weighted by Crippen LogP contribution is 2.01. The Labute approximate surface area is 80.6 Å². The topological polar surface area (TPSA) is 41.7 Å². The molecule has 1 rings (SSSR count). The van der Waals surface area contributed by atoms with Gasteiger partial charge in [0.25, 0.3) is 0 Å². The number of likely N-dealkylation sites (N-methyl/N-ethyl adjacent to an activating group) is 1. The Morgan fingerprint density at radius 3 is 2.38 bits per heavy atom. The number of rotatable bonds is 4. The minimum Gasteiger partial charge on any atom is -0.379 e. The molecule has 0 bridgehead atoms. The molecule has 1 aliphatic rings. The maximum absolute atomic E-state index is 5.57. The first kappa shape index (κ1) is 10.9. The van der Waals surface area contributed by atoms with Crippen LogP contribution in [0, 0.1) is 0 Å². The molecule has 0 aliphatic carbocycles. The second-order valence-electron chi connectivity index (χ2n) is 3.70. The fourth-order valence-corrected chi connectivity index (χ4v) is 1.56. The molecule has 0 aromatic heterocycles. The third-order valence-electron chi connectivity index (χ3n) is 2.65. The van der Waals surface area contributed by atoms with Crippen LogP contribution in [0.25, 0.3) is 0 Å². The normalized spacial score (nSPS) is 23.3. The summed E-state index contributed by atoms with van der Waals surface area (Å²) < 4.78 is 5.25. The molecule has 0 saturated carbocycles. The van der Waals surface area contributed by atoms with E-state index in [0.29, 0.717) is 6.54 Å². The Hall–Kier alpha value is -0.160. The lowest BCUT2D eigenvalue weighted by Gasteiger charge is -2.33. The van der Waals surface area contributed by atoms with Crippen molar-refractivity contribution in [3.05, 3.63) is 0 Å². The number of nitrogens with zero attached hydrogens (tertiary/aromatic N) is 2.